The molecule has 1 aromatic carbocycles. The number of esters is 1. The van der Waals surface area contributed by atoms with Gasteiger partial charge in [-0.3, -0.25) is 9.59 Å². The molecule has 0 unspecified atom stereocenters. The van der Waals surface area contributed by atoms with Crippen LogP contribution in [0.25, 0.3) is 0 Å². The van der Waals surface area contributed by atoms with Gasteiger partial charge in [-0.25, -0.2) is 4.79 Å². The van der Waals surface area contributed by atoms with E-state index in [1.807, 2.05) is 13.0 Å². The lowest BCUT2D eigenvalue weighted by Gasteiger charge is -2.25. The number of amides is 2. The average Bonchev–Trinajstić information content (AvgIpc) is 2.60. The lowest BCUT2D eigenvalue weighted by molar-refractivity contribution is -0.147. The molecule has 1 rings (SSSR count). The van der Waals surface area contributed by atoms with E-state index in [-0.39, 0.29) is 44.8 Å². The van der Waals surface area contributed by atoms with Crippen molar-refractivity contribution in [2.45, 2.75) is 6.92 Å². The fourth-order valence-corrected chi connectivity index (χ4v) is 2.29. The van der Waals surface area contributed by atoms with Gasteiger partial charge < -0.3 is 29.2 Å². The van der Waals surface area contributed by atoms with Crippen LogP contribution in [0.2, 0.25) is 0 Å². The predicted molar refractivity (Wildman–Crippen MR) is 98.7 cm³/mol. The minimum Gasteiger partial charge on any atom is -0.462 e. The Morgan fingerprint density at radius 3 is 2.30 bits per heavy atom. The quantitative estimate of drug-likeness (QED) is 0.563. The maximum atomic E-state index is 12.5. The molecule has 1 aromatic rings. The third-order valence-electron chi connectivity index (χ3n) is 3.40. The lowest BCUT2D eigenvalue weighted by atomic mass is 10.1. The van der Waals surface area contributed by atoms with Crippen molar-refractivity contribution in [3.8, 4) is 0 Å². The summed E-state index contributed by atoms with van der Waals surface area (Å²) in [6.07, 6.45) is 0. The van der Waals surface area contributed by atoms with Crippen LogP contribution in [0.5, 0.6) is 0 Å². The first-order valence-electron chi connectivity index (χ1n) is 8.26. The van der Waals surface area contributed by atoms with E-state index in [2.05, 4.69) is 5.32 Å². The van der Waals surface area contributed by atoms with Gasteiger partial charge >= 0.3 is 5.97 Å². The standard InChI is InChI=1S/C18H26N2O7/c1-13-5-6-15(14(9-13)19-16(21)10-24-2)20(17(22)11-25-3)7-8-27-18(23)12-26-4/h5-6,9H,7-8,10-12H2,1-4H3,(H,19,21). The number of nitrogens with zero attached hydrogens (tertiary/aromatic N) is 1. The van der Waals surface area contributed by atoms with Gasteiger partial charge in [0.1, 0.15) is 26.4 Å². The van der Waals surface area contributed by atoms with Gasteiger partial charge in [0.05, 0.1) is 17.9 Å². The Hall–Kier alpha value is -2.49. The Labute approximate surface area is 158 Å². The van der Waals surface area contributed by atoms with Crippen molar-refractivity contribution in [1.29, 1.82) is 0 Å². The highest BCUT2D eigenvalue weighted by Gasteiger charge is 2.20. The number of carbonyl (C=O) groups is 3. The van der Waals surface area contributed by atoms with E-state index in [9.17, 15) is 14.4 Å². The number of methoxy groups -OCH3 is 3. The van der Waals surface area contributed by atoms with Crippen LogP contribution in [0.4, 0.5) is 11.4 Å². The second-order valence-corrected chi connectivity index (χ2v) is 5.63. The number of hydrogen-bond donors (Lipinski definition) is 1. The number of benzene rings is 1. The van der Waals surface area contributed by atoms with Gasteiger partial charge in [0.2, 0.25) is 5.91 Å². The third kappa shape index (κ3) is 7.73. The van der Waals surface area contributed by atoms with E-state index in [0.717, 1.165) is 5.56 Å². The molecule has 0 aliphatic heterocycles. The highest BCUT2D eigenvalue weighted by Crippen LogP contribution is 2.27. The Morgan fingerprint density at radius 1 is 1.00 bits per heavy atom. The Kier molecular flexibility index (Phi) is 10.0. The molecule has 2 amide bonds. The maximum Gasteiger partial charge on any atom is 0.332 e. The number of ether oxygens (including phenoxy) is 4. The van der Waals surface area contributed by atoms with Crippen molar-refractivity contribution < 1.29 is 33.3 Å². The molecule has 0 aliphatic rings. The summed E-state index contributed by atoms with van der Waals surface area (Å²) in [5.41, 5.74) is 1.82. The summed E-state index contributed by atoms with van der Waals surface area (Å²) in [5, 5.41) is 2.72. The largest absolute Gasteiger partial charge is 0.462 e. The van der Waals surface area contributed by atoms with Crippen molar-refractivity contribution >= 4 is 29.2 Å². The first-order valence-corrected chi connectivity index (χ1v) is 8.26. The van der Waals surface area contributed by atoms with E-state index in [1.54, 1.807) is 12.1 Å². The van der Waals surface area contributed by atoms with E-state index in [0.29, 0.717) is 11.4 Å². The summed E-state index contributed by atoms with van der Waals surface area (Å²) < 4.78 is 19.5. The van der Waals surface area contributed by atoms with Crippen molar-refractivity contribution in [1.82, 2.24) is 0 Å². The topological polar surface area (TPSA) is 103 Å². The average molecular weight is 382 g/mol. The summed E-state index contributed by atoms with van der Waals surface area (Å²) in [5.74, 6) is -1.23. The second-order valence-electron chi connectivity index (χ2n) is 5.63. The number of nitrogens with one attached hydrogen (secondary N) is 1. The van der Waals surface area contributed by atoms with Crippen molar-refractivity contribution in [3.05, 3.63) is 23.8 Å². The van der Waals surface area contributed by atoms with Crippen LogP contribution < -0.4 is 10.2 Å². The molecule has 0 fully saturated rings. The SMILES string of the molecule is COCC(=O)Nc1cc(C)ccc1N(CCOC(=O)COC)C(=O)COC. The van der Waals surface area contributed by atoms with Crippen LogP contribution in [0, 0.1) is 6.92 Å². The third-order valence-corrected chi connectivity index (χ3v) is 3.40. The smallest absolute Gasteiger partial charge is 0.332 e. The number of hydrogen-bond acceptors (Lipinski definition) is 7. The van der Waals surface area contributed by atoms with Crippen molar-refractivity contribution in [2.24, 2.45) is 0 Å². The number of anilines is 2. The Balaban J connectivity index is 3.04. The van der Waals surface area contributed by atoms with E-state index in [1.165, 1.54) is 26.2 Å². The van der Waals surface area contributed by atoms with Gasteiger partial charge in [-0.05, 0) is 24.6 Å². The molecule has 0 saturated heterocycles. The molecule has 0 bridgehead atoms. The van der Waals surface area contributed by atoms with Gasteiger partial charge in [0.15, 0.2) is 0 Å². The lowest BCUT2D eigenvalue weighted by Crippen LogP contribution is -2.38. The predicted octanol–water partition coefficient (Wildman–Crippen LogP) is 0.749. The number of rotatable bonds is 11. The van der Waals surface area contributed by atoms with E-state index >= 15 is 0 Å². The maximum absolute atomic E-state index is 12.5. The molecule has 150 valence electrons. The minimum atomic E-state index is -0.533. The molecular weight excluding hydrogens is 356 g/mol. The van der Waals surface area contributed by atoms with Gasteiger partial charge in [0, 0.05) is 21.3 Å². The molecule has 0 heterocycles. The highest BCUT2D eigenvalue weighted by atomic mass is 16.6. The first kappa shape index (κ1) is 22.6. The molecule has 0 atom stereocenters. The van der Waals surface area contributed by atoms with Crippen LogP contribution in [-0.2, 0) is 33.3 Å². The molecule has 0 radical (unpaired) electrons. The van der Waals surface area contributed by atoms with E-state index < -0.39 is 5.97 Å². The first-order chi connectivity index (χ1) is 12.9. The van der Waals surface area contributed by atoms with Crippen molar-refractivity contribution in [3.63, 3.8) is 0 Å². The van der Waals surface area contributed by atoms with Crippen LogP contribution in [0.3, 0.4) is 0 Å². The monoisotopic (exact) mass is 382 g/mol. The molecule has 0 saturated carbocycles. The fourth-order valence-electron chi connectivity index (χ4n) is 2.29. The zero-order valence-corrected chi connectivity index (χ0v) is 16.1. The molecule has 27 heavy (non-hydrogen) atoms. The van der Waals surface area contributed by atoms with Gasteiger partial charge in [-0.1, -0.05) is 6.07 Å². The summed E-state index contributed by atoms with van der Waals surface area (Å²) in [4.78, 5) is 37.2. The van der Waals surface area contributed by atoms with Crippen LogP contribution in [-0.4, -0.2) is 72.1 Å². The molecule has 9 nitrogen and oxygen atoms in total. The summed E-state index contributed by atoms with van der Waals surface area (Å²) in [6, 6.07) is 5.26. The summed E-state index contributed by atoms with van der Waals surface area (Å²) in [7, 11) is 4.21. The molecule has 0 spiro atoms. The molecule has 1 N–H and O–H groups in total. The summed E-state index contributed by atoms with van der Waals surface area (Å²) >= 11 is 0. The minimum absolute atomic E-state index is 0.0308. The molecule has 9 heteroatoms. The fraction of sp³-hybridized carbons (Fsp3) is 0.500. The van der Waals surface area contributed by atoms with Gasteiger partial charge in [-0.15, -0.1) is 0 Å². The Bertz CT molecular complexity index is 649. The highest BCUT2D eigenvalue weighted by molar-refractivity contribution is 6.01. The zero-order valence-electron chi connectivity index (χ0n) is 16.1. The molecule has 0 aromatic heterocycles. The Morgan fingerprint density at radius 2 is 1.67 bits per heavy atom. The van der Waals surface area contributed by atoms with Crippen LogP contribution in [0.1, 0.15) is 5.56 Å². The normalized spacial score (nSPS) is 10.4. The van der Waals surface area contributed by atoms with Gasteiger partial charge in [0.25, 0.3) is 5.91 Å². The zero-order chi connectivity index (χ0) is 20.2. The van der Waals surface area contributed by atoms with E-state index in [4.69, 9.17) is 18.9 Å². The summed E-state index contributed by atoms with van der Waals surface area (Å²) in [6.45, 7) is 1.47. The molecule has 0 aliphatic carbocycles. The van der Waals surface area contributed by atoms with Gasteiger partial charge in [-0.2, -0.15) is 0 Å². The van der Waals surface area contributed by atoms with Crippen molar-refractivity contribution in [2.75, 3.05) is 64.5 Å². The number of carbonyl (C=O) groups excluding carboxylic acids is 3. The second kappa shape index (κ2) is 12.0. The number of aryl methyl sites for hydroxylation is 1. The van der Waals surface area contributed by atoms with Crippen LogP contribution >= 0.6 is 0 Å². The van der Waals surface area contributed by atoms with Crippen LogP contribution in [0.15, 0.2) is 18.2 Å². The molecular formula is C18H26N2O7.